The number of aromatic nitrogens is 1. The highest BCUT2D eigenvalue weighted by Crippen LogP contribution is 2.26. The van der Waals surface area contributed by atoms with E-state index >= 15 is 0 Å². The highest BCUT2D eigenvalue weighted by atomic mass is 35.5. The van der Waals surface area contributed by atoms with Crippen LogP contribution in [0.4, 0.5) is 0 Å². The summed E-state index contributed by atoms with van der Waals surface area (Å²) in [6, 6.07) is 3.05. The van der Waals surface area contributed by atoms with Gasteiger partial charge in [-0.25, -0.2) is 13.4 Å². The molecule has 2 rings (SSSR count). The fourth-order valence-corrected chi connectivity index (χ4v) is 4.12. The monoisotopic (exact) mass is 303 g/mol. The van der Waals surface area contributed by atoms with Crippen LogP contribution in [0.1, 0.15) is 12.8 Å². The van der Waals surface area contributed by atoms with Crippen LogP contribution >= 0.6 is 11.6 Å². The Kier molecular flexibility index (Phi) is 4.45. The molecule has 1 aliphatic heterocycles. The molecule has 1 aromatic rings. The number of nitrogens with zero attached hydrogens (tertiary/aromatic N) is 3. The molecule has 0 aromatic carbocycles. The van der Waals surface area contributed by atoms with Crippen molar-refractivity contribution in [1.29, 1.82) is 0 Å². The molecule has 19 heavy (non-hydrogen) atoms. The van der Waals surface area contributed by atoms with E-state index in [4.69, 9.17) is 11.6 Å². The smallest absolute Gasteiger partial charge is 0.244 e. The molecule has 7 heteroatoms. The number of hydrogen-bond donors (Lipinski definition) is 0. The van der Waals surface area contributed by atoms with Crippen LogP contribution in [0.2, 0.25) is 5.15 Å². The van der Waals surface area contributed by atoms with Gasteiger partial charge in [-0.15, -0.1) is 0 Å². The van der Waals surface area contributed by atoms with Gasteiger partial charge in [0.05, 0.1) is 0 Å². The summed E-state index contributed by atoms with van der Waals surface area (Å²) in [6.45, 7) is 1.31. The Hall–Kier alpha value is -0.690. The minimum absolute atomic E-state index is 0.0377. The van der Waals surface area contributed by atoms with Crippen molar-refractivity contribution in [2.75, 3.05) is 27.2 Å². The van der Waals surface area contributed by atoms with E-state index in [1.807, 2.05) is 19.0 Å². The first-order valence-electron chi connectivity index (χ1n) is 6.19. The van der Waals surface area contributed by atoms with Crippen molar-refractivity contribution < 1.29 is 8.42 Å². The largest absolute Gasteiger partial charge is 0.308 e. The maximum absolute atomic E-state index is 12.6. The zero-order chi connectivity index (χ0) is 14.0. The first kappa shape index (κ1) is 14.7. The summed E-state index contributed by atoms with van der Waals surface area (Å²) in [7, 11) is 0.438. The number of rotatable bonds is 4. The molecule has 0 spiro atoms. The van der Waals surface area contributed by atoms with E-state index in [1.165, 1.54) is 18.3 Å². The second kappa shape index (κ2) is 5.75. The Labute approximate surface area is 119 Å². The fourth-order valence-electron chi connectivity index (χ4n) is 2.38. The third-order valence-electron chi connectivity index (χ3n) is 3.21. The Balaban J connectivity index is 2.25. The second-order valence-corrected chi connectivity index (χ2v) is 7.27. The van der Waals surface area contributed by atoms with Crippen molar-refractivity contribution in [2.24, 2.45) is 0 Å². The predicted molar refractivity (Wildman–Crippen MR) is 74.7 cm³/mol. The maximum Gasteiger partial charge on any atom is 0.244 e. The molecule has 0 aliphatic carbocycles. The lowest BCUT2D eigenvalue weighted by molar-refractivity contribution is 0.291. The Morgan fingerprint density at radius 2 is 2.21 bits per heavy atom. The highest BCUT2D eigenvalue weighted by Gasteiger charge is 2.35. The van der Waals surface area contributed by atoms with E-state index in [2.05, 4.69) is 4.98 Å². The van der Waals surface area contributed by atoms with Gasteiger partial charge < -0.3 is 4.90 Å². The lowest BCUT2D eigenvalue weighted by atomic mass is 10.2. The SMILES string of the molecule is CN(C)CC1CCCN1S(=O)(=O)c1ccc(Cl)nc1. The third-order valence-corrected chi connectivity index (χ3v) is 5.36. The molecule has 0 saturated carbocycles. The van der Waals surface area contributed by atoms with Crippen LogP contribution in [0.25, 0.3) is 0 Å². The van der Waals surface area contributed by atoms with Gasteiger partial charge in [0.2, 0.25) is 10.0 Å². The molecule has 1 unspecified atom stereocenters. The second-order valence-electron chi connectivity index (χ2n) is 4.99. The maximum atomic E-state index is 12.6. The quantitative estimate of drug-likeness (QED) is 0.790. The van der Waals surface area contributed by atoms with Crippen LogP contribution in [0, 0.1) is 0 Å². The van der Waals surface area contributed by atoms with Crippen molar-refractivity contribution in [1.82, 2.24) is 14.2 Å². The topological polar surface area (TPSA) is 53.5 Å². The van der Waals surface area contributed by atoms with Gasteiger partial charge >= 0.3 is 0 Å². The van der Waals surface area contributed by atoms with Crippen molar-refractivity contribution in [3.05, 3.63) is 23.5 Å². The minimum atomic E-state index is -3.46. The number of hydrogen-bond acceptors (Lipinski definition) is 4. The van der Waals surface area contributed by atoms with Crippen LogP contribution in [-0.4, -0.2) is 55.8 Å². The first-order valence-corrected chi connectivity index (χ1v) is 8.01. The van der Waals surface area contributed by atoms with Crippen LogP contribution in [0.15, 0.2) is 23.2 Å². The molecule has 0 radical (unpaired) electrons. The van der Waals surface area contributed by atoms with E-state index < -0.39 is 10.0 Å². The molecule has 0 N–H and O–H groups in total. The highest BCUT2D eigenvalue weighted by molar-refractivity contribution is 7.89. The van der Waals surface area contributed by atoms with Crippen LogP contribution in [0.5, 0.6) is 0 Å². The average Bonchev–Trinajstić information content (AvgIpc) is 2.77. The minimum Gasteiger partial charge on any atom is -0.308 e. The van der Waals surface area contributed by atoms with Crippen molar-refractivity contribution in [3.63, 3.8) is 0 Å². The third kappa shape index (κ3) is 3.25. The van der Waals surface area contributed by atoms with Gasteiger partial charge in [0.15, 0.2) is 0 Å². The van der Waals surface area contributed by atoms with E-state index in [9.17, 15) is 8.42 Å². The van der Waals surface area contributed by atoms with E-state index in [-0.39, 0.29) is 10.9 Å². The zero-order valence-corrected chi connectivity index (χ0v) is 12.7. The molecule has 1 aliphatic rings. The van der Waals surface area contributed by atoms with Gasteiger partial charge in [0.1, 0.15) is 10.0 Å². The standard InChI is InChI=1S/C12H18ClN3O2S/c1-15(2)9-10-4-3-7-16(10)19(17,18)11-5-6-12(13)14-8-11/h5-6,8,10H,3-4,7,9H2,1-2H3. The molecule has 1 saturated heterocycles. The molecular weight excluding hydrogens is 286 g/mol. The van der Waals surface area contributed by atoms with Crippen LogP contribution in [-0.2, 0) is 10.0 Å². The van der Waals surface area contributed by atoms with Crippen molar-refractivity contribution >= 4 is 21.6 Å². The van der Waals surface area contributed by atoms with Crippen LogP contribution in [0.3, 0.4) is 0 Å². The molecule has 1 aromatic heterocycles. The summed E-state index contributed by atoms with van der Waals surface area (Å²) in [4.78, 5) is 6.08. The lowest BCUT2D eigenvalue weighted by Gasteiger charge is -2.26. The molecule has 5 nitrogen and oxygen atoms in total. The summed E-state index contributed by atoms with van der Waals surface area (Å²) in [5.41, 5.74) is 0. The molecule has 1 fully saturated rings. The van der Waals surface area contributed by atoms with Gasteiger partial charge in [-0.2, -0.15) is 4.31 Å². The summed E-state index contributed by atoms with van der Waals surface area (Å²) in [5.74, 6) is 0. The van der Waals surface area contributed by atoms with Crippen molar-refractivity contribution in [2.45, 2.75) is 23.8 Å². The van der Waals surface area contributed by atoms with Gasteiger partial charge in [-0.05, 0) is 39.1 Å². The molecular formula is C12H18ClN3O2S. The predicted octanol–water partition coefficient (Wildman–Crippen LogP) is 1.45. The molecule has 0 amide bonds. The number of pyridine rings is 1. The van der Waals surface area contributed by atoms with Gasteiger partial charge in [-0.1, -0.05) is 11.6 Å². The fraction of sp³-hybridized carbons (Fsp3) is 0.583. The summed E-state index contributed by atoms with van der Waals surface area (Å²) < 4.78 is 26.7. The molecule has 1 atom stereocenters. The Bertz CT molecular complexity index is 530. The first-order chi connectivity index (χ1) is 8.91. The molecule has 2 heterocycles. The van der Waals surface area contributed by atoms with Gasteiger partial charge in [0, 0.05) is 25.3 Å². The van der Waals surface area contributed by atoms with Gasteiger partial charge in [0.25, 0.3) is 0 Å². The number of halogens is 1. The summed E-state index contributed by atoms with van der Waals surface area (Å²) in [5, 5.41) is 0.296. The Morgan fingerprint density at radius 3 is 2.79 bits per heavy atom. The average molecular weight is 304 g/mol. The van der Waals surface area contributed by atoms with Crippen LogP contribution < -0.4 is 0 Å². The van der Waals surface area contributed by atoms with E-state index in [1.54, 1.807) is 4.31 Å². The van der Waals surface area contributed by atoms with E-state index in [0.29, 0.717) is 11.7 Å². The Morgan fingerprint density at radius 1 is 1.47 bits per heavy atom. The normalized spacial score (nSPS) is 21.2. The summed E-state index contributed by atoms with van der Waals surface area (Å²) in [6.07, 6.45) is 3.12. The molecule has 106 valence electrons. The van der Waals surface area contributed by atoms with E-state index in [0.717, 1.165) is 19.4 Å². The lowest BCUT2D eigenvalue weighted by Crippen LogP contribution is -2.41. The number of likely N-dealkylation sites (N-methyl/N-ethyl adjacent to an activating group) is 1. The zero-order valence-electron chi connectivity index (χ0n) is 11.1. The van der Waals surface area contributed by atoms with Gasteiger partial charge in [-0.3, -0.25) is 0 Å². The van der Waals surface area contributed by atoms with Crippen molar-refractivity contribution in [3.8, 4) is 0 Å². The molecule has 0 bridgehead atoms. The summed E-state index contributed by atoms with van der Waals surface area (Å²) >= 11 is 5.69. The number of sulfonamides is 1.